The highest BCUT2D eigenvalue weighted by Gasteiger charge is 2.50. The number of fused-ring (bicyclic) bond motifs is 4. The molecule has 14 nitrogen and oxygen atoms in total. The zero-order chi connectivity index (χ0) is 53.8. The first-order chi connectivity index (χ1) is 32.4. The molecule has 2 aliphatic carbocycles. The molecule has 3 aromatic heterocycles. The molecule has 4 aliphatic rings. The van der Waals surface area contributed by atoms with Crippen LogP contribution in [-0.2, 0) is 69.5 Å². The van der Waals surface area contributed by atoms with Crippen molar-refractivity contribution in [2.24, 2.45) is 28.6 Å². The average molecular weight is 997 g/mol. The molecule has 2 amide bonds. The number of aromatic nitrogens is 9. The number of ether oxygens (including phenoxy) is 1. The Hall–Kier alpha value is -3.68. The fourth-order valence-electron chi connectivity index (χ4n) is 9.46. The molecule has 7 rings (SSSR count). The van der Waals surface area contributed by atoms with Gasteiger partial charge in [0.05, 0.1) is 63.0 Å². The molecule has 2 aliphatic heterocycles. The van der Waals surface area contributed by atoms with E-state index in [9.17, 15) is 9.59 Å². The van der Waals surface area contributed by atoms with E-state index < -0.39 is 0 Å². The Morgan fingerprint density at radius 3 is 1.20 bits per heavy atom. The van der Waals surface area contributed by atoms with Gasteiger partial charge in [0, 0.05) is 49.9 Å². The van der Waals surface area contributed by atoms with Crippen LogP contribution in [0, 0.1) is 28.6 Å². The molecule has 0 radical (unpaired) electrons. The Labute approximate surface area is 435 Å². The number of nitrogens with zero attached hydrogens (tertiary/aromatic N) is 11. The number of hydrogen-bond acceptors (Lipinski definition) is 9. The zero-order valence-electron chi connectivity index (χ0n) is 49.5. The molecule has 0 spiro atoms. The van der Waals surface area contributed by atoms with Crippen LogP contribution in [0.4, 0.5) is 0 Å². The van der Waals surface area contributed by atoms with Crippen molar-refractivity contribution in [3.05, 3.63) is 34.2 Å². The van der Waals surface area contributed by atoms with E-state index in [0.29, 0.717) is 0 Å². The third kappa shape index (κ3) is 18.6. The highest BCUT2D eigenvalue weighted by atomic mass is 16.5. The third-order valence-corrected chi connectivity index (χ3v) is 12.9. The topological polar surface area (TPSA) is 142 Å². The maximum atomic E-state index is 12.5. The number of carbonyl (C=O) groups excluding carboxylic acids is 2. The second kappa shape index (κ2) is 27.0. The minimum atomic E-state index is -0.315. The summed E-state index contributed by atoms with van der Waals surface area (Å²) in [5, 5.41) is 26.3. The zero-order valence-corrected chi connectivity index (χ0v) is 49.5. The summed E-state index contributed by atoms with van der Waals surface area (Å²) in [6, 6.07) is 0. The van der Waals surface area contributed by atoms with Crippen LogP contribution in [0.25, 0.3) is 0 Å². The molecule has 71 heavy (non-hydrogen) atoms. The fourth-order valence-corrected chi connectivity index (χ4v) is 9.46. The summed E-state index contributed by atoms with van der Waals surface area (Å²) >= 11 is 0. The Balaban J connectivity index is 0.000000502. The number of rotatable bonds is 2. The summed E-state index contributed by atoms with van der Waals surface area (Å²) in [6.07, 6.45) is 10.1. The van der Waals surface area contributed by atoms with Crippen LogP contribution in [0.2, 0.25) is 0 Å². The SMILES string of the molecule is C.CC.CC.CC.CC(C)(C)C(=O)N1CCCc2c(nnn2C(C)(C)C)CC1.CC(C)(C)C(=O)N1CCCc2nnn(C(C)(C)C)c2CC1.CC(C)(C)OCC1C2CCc3nnn(C(C)(C)C)c3CCC21. The lowest BCUT2D eigenvalue weighted by Gasteiger charge is -2.31. The maximum Gasteiger partial charge on any atom is 0.227 e. The number of amides is 2. The largest absolute Gasteiger partial charge is 0.376 e. The smallest absolute Gasteiger partial charge is 0.227 e. The van der Waals surface area contributed by atoms with Gasteiger partial charge in [-0.05, 0) is 152 Å². The standard InChI is InChI=1S/C18H31N3O.2C16H28N4O.3C2H6.CH4/c1-17(2,3)21-16-10-8-13-12(7-9-15(16)19-20-21)14(13)11-22-18(4,5)6;1-15(2,3)14(21)19-10-7-8-13-12(9-11-19)17-18-20(13)16(4,5)6;1-15(2,3)14(21)19-10-7-8-12-13(9-11-19)20(18-17-12)16(4,5)6;3*1-2;/h12-14H,7-11H2,1-6H3;2*7-11H2,1-6H3;3*1-2H3;1H4. The summed E-state index contributed by atoms with van der Waals surface area (Å²) in [5.74, 6) is 2.92. The Morgan fingerprint density at radius 2 is 0.803 bits per heavy atom. The van der Waals surface area contributed by atoms with E-state index in [-0.39, 0.29) is 52.3 Å². The molecule has 0 bridgehead atoms. The molecule has 3 aromatic rings. The summed E-state index contributed by atoms with van der Waals surface area (Å²) in [7, 11) is 0. The summed E-state index contributed by atoms with van der Waals surface area (Å²) < 4.78 is 12.2. The van der Waals surface area contributed by atoms with Gasteiger partial charge in [-0.2, -0.15) is 0 Å². The van der Waals surface area contributed by atoms with Crippen molar-refractivity contribution < 1.29 is 14.3 Å². The van der Waals surface area contributed by atoms with Crippen LogP contribution in [-0.4, -0.2) is 105 Å². The summed E-state index contributed by atoms with van der Waals surface area (Å²) in [6.45, 7) is 53.9. The van der Waals surface area contributed by atoms with Gasteiger partial charge in [0.25, 0.3) is 0 Å². The van der Waals surface area contributed by atoms with Crippen molar-refractivity contribution in [2.45, 2.75) is 260 Å². The molecule has 0 aromatic carbocycles. The van der Waals surface area contributed by atoms with E-state index in [1.165, 1.54) is 35.6 Å². The van der Waals surface area contributed by atoms with Gasteiger partial charge in [-0.25, -0.2) is 14.0 Å². The van der Waals surface area contributed by atoms with E-state index in [0.717, 1.165) is 113 Å². The van der Waals surface area contributed by atoms with Crippen molar-refractivity contribution >= 4 is 11.8 Å². The van der Waals surface area contributed by atoms with E-state index in [4.69, 9.17) is 4.74 Å². The predicted molar refractivity (Wildman–Crippen MR) is 295 cm³/mol. The van der Waals surface area contributed by atoms with Gasteiger partial charge in [-0.3, -0.25) is 9.59 Å². The molecule has 14 heteroatoms. The lowest BCUT2D eigenvalue weighted by atomic mass is 9.94. The monoisotopic (exact) mass is 996 g/mol. The number of hydrogen-bond donors (Lipinski definition) is 0. The maximum absolute atomic E-state index is 12.5. The van der Waals surface area contributed by atoms with Crippen LogP contribution in [0.3, 0.4) is 0 Å². The third-order valence-electron chi connectivity index (χ3n) is 12.9. The van der Waals surface area contributed by atoms with Crippen LogP contribution in [0.15, 0.2) is 0 Å². The van der Waals surface area contributed by atoms with Gasteiger partial charge in [0.15, 0.2) is 0 Å². The Kier molecular flexibility index (Phi) is 24.9. The first-order valence-corrected chi connectivity index (χ1v) is 27.4. The molecule has 3 atom stereocenters. The molecule has 1 saturated carbocycles. The number of carbonyl (C=O) groups is 2. The van der Waals surface area contributed by atoms with Crippen molar-refractivity contribution in [2.75, 3.05) is 32.8 Å². The predicted octanol–water partition coefficient (Wildman–Crippen LogP) is 12.1. The van der Waals surface area contributed by atoms with Crippen molar-refractivity contribution in [3.63, 3.8) is 0 Å². The minimum absolute atomic E-state index is 0. The van der Waals surface area contributed by atoms with Gasteiger partial charge in [0.2, 0.25) is 11.8 Å². The molecule has 410 valence electrons. The van der Waals surface area contributed by atoms with Gasteiger partial charge in [-0.15, -0.1) is 15.3 Å². The average Bonchev–Trinajstić information content (AvgIpc) is 3.57. The molecule has 0 N–H and O–H groups in total. The van der Waals surface area contributed by atoms with Crippen molar-refractivity contribution in [1.82, 2.24) is 54.8 Å². The summed E-state index contributed by atoms with van der Waals surface area (Å²) in [4.78, 5) is 28.9. The lowest BCUT2D eigenvalue weighted by molar-refractivity contribution is -0.140. The van der Waals surface area contributed by atoms with Gasteiger partial charge < -0.3 is 14.5 Å². The first kappa shape index (κ1) is 65.3. The normalized spacial score (nSPS) is 19.2. The van der Waals surface area contributed by atoms with Gasteiger partial charge in [-0.1, -0.05) is 106 Å². The van der Waals surface area contributed by atoms with E-state index in [1.807, 2.05) is 102 Å². The molecular formula is C57H109N11O3. The molecule has 1 fully saturated rings. The van der Waals surface area contributed by atoms with E-state index in [2.05, 4.69) is 119 Å². The van der Waals surface area contributed by atoms with Crippen LogP contribution in [0.1, 0.15) is 233 Å². The first-order valence-electron chi connectivity index (χ1n) is 27.4. The molecular weight excluding hydrogens is 887 g/mol. The van der Waals surface area contributed by atoms with E-state index >= 15 is 0 Å². The Morgan fingerprint density at radius 1 is 0.465 bits per heavy atom. The quantitative estimate of drug-likeness (QED) is 0.245. The minimum Gasteiger partial charge on any atom is -0.376 e. The number of aryl methyl sites for hydroxylation is 2. The highest BCUT2D eigenvalue weighted by molar-refractivity contribution is 5.82. The molecule has 3 unspecified atom stereocenters. The molecule has 5 heterocycles. The molecule has 0 saturated heterocycles. The van der Waals surface area contributed by atoms with Crippen molar-refractivity contribution in [3.8, 4) is 0 Å². The highest BCUT2D eigenvalue weighted by Crippen LogP contribution is 2.53. The van der Waals surface area contributed by atoms with Crippen LogP contribution >= 0.6 is 0 Å². The summed E-state index contributed by atoms with van der Waals surface area (Å²) in [5.41, 5.74) is 6.45. The Bertz CT molecular complexity index is 2040. The van der Waals surface area contributed by atoms with E-state index in [1.54, 1.807) is 0 Å². The second-order valence-corrected chi connectivity index (χ2v) is 25.0. The second-order valence-electron chi connectivity index (χ2n) is 25.0. The van der Waals surface area contributed by atoms with Gasteiger partial charge in [0.1, 0.15) is 0 Å². The van der Waals surface area contributed by atoms with Crippen molar-refractivity contribution in [1.29, 1.82) is 0 Å². The fraction of sp³-hybridized carbons (Fsp3) is 0.860. The van der Waals surface area contributed by atoms with Gasteiger partial charge >= 0.3 is 0 Å². The lowest BCUT2D eigenvalue weighted by Crippen LogP contribution is -2.42. The van der Waals surface area contributed by atoms with Crippen LogP contribution in [0.5, 0.6) is 0 Å². The van der Waals surface area contributed by atoms with Crippen LogP contribution < -0.4 is 0 Å².